The van der Waals surface area contributed by atoms with Gasteiger partial charge in [0.2, 0.25) is 0 Å². The van der Waals surface area contributed by atoms with Crippen LogP contribution in [0.5, 0.6) is 0 Å². The van der Waals surface area contributed by atoms with Gasteiger partial charge in [0.15, 0.2) is 5.13 Å². The minimum Gasteiger partial charge on any atom is -0.375 e. The van der Waals surface area contributed by atoms with Crippen LogP contribution in [0, 0.1) is 5.92 Å². The second-order valence-electron chi connectivity index (χ2n) is 4.87. The number of anilines is 1. The lowest BCUT2D eigenvalue weighted by molar-refractivity contribution is 0.229. The lowest BCUT2D eigenvalue weighted by Crippen LogP contribution is -2.26. The Morgan fingerprint density at radius 2 is 2.12 bits per heavy atom. The predicted octanol–water partition coefficient (Wildman–Crippen LogP) is 3.16. The SMILES string of the molecule is CN(Cc1cnc(N)s1)CC1CCCCC1.Cl. The highest BCUT2D eigenvalue weighted by Crippen LogP contribution is 2.25. The maximum absolute atomic E-state index is 5.63. The third-order valence-electron chi connectivity index (χ3n) is 3.29. The molecule has 0 atom stereocenters. The van der Waals surface area contributed by atoms with Gasteiger partial charge >= 0.3 is 0 Å². The molecule has 1 aromatic rings. The Balaban J connectivity index is 0.00000144. The van der Waals surface area contributed by atoms with Gasteiger partial charge in [-0.05, 0) is 25.8 Å². The number of hydrogen-bond acceptors (Lipinski definition) is 4. The van der Waals surface area contributed by atoms with Crippen molar-refractivity contribution in [3.63, 3.8) is 0 Å². The molecule has 1 aliphatic rings. The lowest BCUT2D eigenvalue weighted by atomic mass is 9.89. The molecule has 1 saturated carbocycles. The van der Waals surface area contributed by atoms with Crippen molar-refractivity contribution in [1.82, 2.24) is 9.88 Å². The number of nitrogens with zero attached hydrogens (tertiary/aromatic N) is 2. The van der Waals surface area contributed by atoms with E-state index >= 15 is 0 Å². The van der Waals surface area contributed by atoms with Gasteiger partial charge in [-0.25, -0.2) is 4.98 Å². The van der Waals surface area contributed by atoms with E-state index in [1.165, 1.54) is 43.5 Å². The van der Waals surface area contributed by atoms with Gasteiger partial charge in [-0.3, -0.25) is 0 Å². The zero-order valence-electron chi connectivity index (χ0n) is 10.4. The summed E-state index contributed by atoms with van der Waals surface area (Å²) in [5.74, 6) is 0.906. The number of nitrogen functional groups attached to an aromatic ring is 1. The molecule has 98 valence electrons. The number of aromatic nitrogens is 1. The van der Waals surface area contributed by atoms with Crippen molar-refractivity contribution in [3.05, 3.63) is 11.1 Å². The van der Waals surface area contributed by atoms with E-state index in [1.54, 1.807) is 11.3 Å². The molecule has 0 aliphatic heterocycles. The highest BCUT2D eigenvalue weighted by Gasteiger charge is 2.15. The van der Waals surface area contributed by atoms with Crippen molar-refractivity contribution in [2.45, 2.75) is 38.6 Å². The van der Waals surface area contributed by atoms with Crippen molar-refractivity contribution >= 4 is 28.9 Å². The van der Waals surface area contributed by atoms with E-state index in [0.717, 1.165) is 12.5 Å². The minimum atomic E-state index is 0. The Bertz CT molecular complexity index is 323. The summed E-state index contributed by atoms with van der Waals surface area (Å²) in [7, 11) is 2.20. The molecule has 5 heteroatoms. The maximum atomic E-state index is 5.63. The van der Waals surface area contributed by atoms with Crippen LogP contribution in [0.4, 0.5) is 5.13 Å². The Morgan fingerprint density at radius 3 is 2.71 bits per heavy atom. The van der Waals surface area contributed by atoms with E-state index in [9.17, 15) is 0 Å². The van der Waals surface area contributed by atoms with Crippen LogP contribution in [-0.4, -0.2) is 23.5 Å². The van der Waals surface area contributed by atoms with Crippen molar-refractivity contribution in [1.29, 1.82) is 0 Å². The summed E-state index contributed by atoms with van der Waals surface area (Å²) in [4.78, 5) is 7.77. The van der Waals surface area contributed by atoms with Crippen molar-refractivity contribution in [3.8, 4) is 0 Å². The smallest absolute Gasteiger partial charge is 0.180 e. The Morgan fingerprint density at radius 1 is 1.41 bits per heavy atom. The molecule has 1 heterocycles. The van der Waals surface area contributed by atoms with Crippen LogP contribution < -0.4 is 5.73 Å². The quantitative estimate of drug-likeness (QED) is 0.918. The third kappa shape index (κ3) is 4.82. The van der Waals surface area contributed by atoms with Gasteiger partial charge in [0.05, 0.1) is 0 Å². The molecule has 0 aromatic carbocycles. The fraction of sp³-hybridized carbons (Fsp3) is 0.750. The first-order valence-corrected chi connectivity index (χ1v) is 6.94. The molecule has 1 fully saturated rings. The summed E-state index contributed by atoms with van der Waals surface area (Å²) in [5, 5.41) is 0.682. The van der Waals surface area contributed by atoms with Gasteiger partial charge in [-0.15, -0.1) is 23.7 Å². The topological polar surface area (TPSA) is 42.2 Å². The monoisotopic (exact) mass is 275 g/mol. The van der Waals surface area contributed by atoms with Gasteiger partial charge in [0.1, 0.15) is 0 Å². The molecule has 17 heavy (non-hydrogen) atoms. The number of rotatable bonds is 4. The molecule has 1 aliphatic carbocycles. The zero-order valence-corrected chi connectivity index (χ0v) is 12.0. The molecule has 2 N–H and O–H groups in total. The van der Waals surface area contributed by atoms with Gasteiger partial charge in [-0.2, -0.15) is 0 Å². The van der Waals surface area contributed by atoms with E-state index in [2.05, 4.69) is 16.9 Å². The van der Waals surface area contributed by atoms with E-state index in [-0.39, 0.29) is 12.4 Å². The number of nitrogens with two attached hydrogens (primary N) is 1. The summed E-state index contributed by atoms with van der Waals surface area (Å²) in [5.41, 5.74) is 5.63. The highest BCUT2D eigenvalue weighted by atomic mass is 35.5. The van der Waals surface area contributed by atoms with Crippen molar-refractivity contribution in [2.75, 3.05) is 19.3 Å². The molecule has 0 spiro atoms. The first kappa shape index (κ1) is 14.7. The van der Waals surface area contributed by atoms with Gasteiger partial charge < -0.3 is 10.6 Å². The highest BCUT2D eigenvalue weighted by molar-refractivity contribution is 7.15. The van der Waals surface area contributed by atoms with Gasteiger partial charge in [0.25, 0.3) is 0 Å². The largest absolute Gasteiger partial charge is 0.375 e. The Labute approximate surface area is 114 Å². The van der Waals surface area contributed by atoms with Crippen molar-refractivity contribution < 1.29 is 0 Å². The molecule has 0 unspecified atom stereocenters. The Hall–Kier alpha value is -0.320. The van der Waals surface area contributed by atoms with E-state index in [0.29, 0.717) is 5.13 Å². The zero-order chi connectivity index (χ0) is 11.4. The van der Waals surface area contributed by atoms with Gasteiger partial charge in [-0.1, -0.05) is 19.3 Å². The second kappa shape index (κ2) is 7.19. The first-order chi connectivity index (χ1) is 7.74. The summed E-state index contributed by atoms with van der Waals surface area (Å²) in [6, 6.07) is 0. The van der Waals surface area contributed by atoms with E-state index < -0.39 is 0 Å². The van der Waals surface area contributed by atoms with E-state index in [4.69, 9.17) is 5.73 Å². The molecule has 1 aromatic heterocycles. The van der Waals surface area contributed by atoms with Crippen LogP contribution in [0.15, 0.2) is 6.20 Å². The number of thiazole rings is 1. The fourth-order valence-electron chi connectivity index (χ4n) is 2.54. The molecule has 2 rings (SSSR count). The van der Waals surface area contributed by atoms with Gasteiger partial charge in [0, 0.05) is 24.2 Å². The average molecular weight is 276 g/mol. The fourth-order valence-corrected chi connectivity index (χ4v) is 3.30. The van der Waals surface area contributed by atoms with E-state index in [1.807, 2.05) is 6.20 Å². The Kier molecular flexibility index (Phi) is 6.23. The molecular formula is C12H22ClN3S. The third-order valence-corrected chi connectivity index (χ3v) is 4.10. The molecule has 0 saturated heterocycles. The molecule has 0 bridgehead atoms. The van der Waals surface area contributed by atoms with Crippen LogP contribution in [0.1, 0.15) is 37.0 Å². The second-order valence-corrected chi connectivity index (χ2v) is 6.01. The minimum absolute atomic E-state index is 0. The number of halogens is 1. The standard InChI is InChI=1S/C12H21N3S.ClH/c1-15(8-10-5-3-2-4-6-10)9-11-7-14-12(13)16-11;/h7,10H,2-6,8-9H2,1H3,(H2,13,14);1H. The molecular weight excluding hydrogens is 254 g/mol. The van der Waals surface area contributed by atoms with Crippen LogP contribution in [0.3, 0.4) is 0 Å². The summed E-state index contributed by atoms with van der Waals surface area (Å²) in [6.07, 6.45) is 9.01. The summed E-state index contributed by atoms with van der Waals surface area (Å²) >= 11 is 1.60. The number of hydrogen-bond donors (Lipinski definition) is 1. The lowest BCUT2D eigenvalue weighted by Gasteiger charge is -2.26. The maximum Gasteiger partial charge on any atom is 0.180 e. The predicted molar refractivity (Wildman–Crippen MR) is 76.7 cm³/mol. The molecule has 0 radical (unpaired) electrons. The molecule has 0 amide bonds. The summed E-state index contributed by atoms with van der Waals surface area (Å²) in [6.45, 7) is 2.21. The van der Waals surface area contributed by atoms with Crippen LogP contribution in [0.2, 0.25) is 0 Å². The van der Waals surface area contributed by atoms with Crippen LogP contribution in [0.25, 0.3) is 0 Å². The summed E-state index contributed by atoms with van der Waals surface area (Å²) < 4.78 is 0. The van der Waals surface area contributed by atoms with Crippen molar-refractivity contribution in [2.24, 2.45) is 5.92 Å². The normalized spacial score (nSPS) is 17.1. The molecule has 3 nitrogen and oxygen atoms in total. The average Bonchev–Trinajstić information content (AvgIpc) is 2.65. The first-order valence-electron chi connectivity index (χ1n) is 6.13. The van der Waals surface area contributed by atoms with Crippen LogP contribution in [-0.2, 0) is 6.54 Å². The van der Waals surface area contributed by atoms with Crippen LogP contribution >= 0.6 is 23.7 Å².